The average molecular weight is 327 g/mol. The Hall–Kier alpha value is -1.80. The van der Waals surface area contributed by atoms with Crippen LogP contribution in [0.1, 0.15) is 31.2 Å². The molecule has 3 heteroatoms. The zero-order chi connectivity index (χ0) is 15.9. The van der Waals surface area contributed by atoms with E-state index >= 15 is 0 Å². The summed E-state index contributed by atoms with van der Waals surface area (Å²) in [5, 5.41) is 4.33. The second kappa shape index (κ2) is 8.16. The maximum absolute atomic E-state index is 5.93. The summed E-state index contributed by atoms with van der Waals surface area (Å²) in [5.41, 5.74) is 2.31. The van der Waals surface area contributed by atoms with Crippen molar-refractivity contribution in [3.05, 3.63) is 65.2 Å². The molecular weight excluding hydrogens is 304 g/mol. The lowest BCUT2D eigenvalue weighted by Gasteiger charge is -2.29. The van der Waals surface area contributed by atoms with E-state index in [-0.39, 0.29) is 0 Å². The summed E-state index contributed by atoms with van der Waals surface area (Å²) in [6, 6.07) is 18.7. The minimum absolute atomic E-state index is 0.413. The predicted molar refractivity (Wildman–Crippen MR) is 99.7 cm³/mol. The van der Waals surface area contributed by atoms with Crippen LogP contribution in [0.2, 0.25) is 5.02 Å². The first-order chi connectivity index (χ1) is 11.3. The molecule has 0 bridgehead atoms. The van der Waals surface area contributed by atoms with Crippen LogP contribution in [0.5, 0.6) is 0 Å². The van der Waals surface area contributed by atoms with E-state index < -0.39 is 0 Å². The molecule has 1 fully saturated rings. The Morgan fingerprint density at radius 3 is 2.52 bits per heavy atom. The Morgan fingerprint density at radius 2 is 1.74 bits per heavy atom. The normalized spacial score (nSPS) is 21.4. The number of hydrogen-bond acceptors (Lipinski definition) is 2. The quantitative estimate of drug-likeness (QED) is 0.728. The minimum Gasteiger partial charge on any atom is -0.385 e. The van der Waals surface area contributed by atoms with E-state index in [4.69, 9.17) is 16.6 Å². The van der Waals surface area contributed by atoms with Crippen LogP contribution in [0.3, 0.4) is 0 Å². The molecule has 1 aliphatic rings. The first kappa shape index (κ1) is 16.1. The summed E-state index contributed by atoms with van der Waals surface area (Å²) in [7, 11) is 0. The fourth-order valence-electron chi connectivity index (χ4n) is 3.16. The van der Waals surface area contributed by atoms with Gasteiger partial charge in [0.15, 0.2) is 0 Å². The SMILES string of the molecule is Clc1ccc(C=N[C@@H]2CCCC[C@@H]2CNc2ccccc2)cc1. The van der Waals surface area contributed by atoms with Gasteiger partial charge in [-0.15, -0.1) is 0 Å². The molecule has 2 aromatic carbocycles. The fraction of sp³-hybridized carbons (Fsp3) is 0.350. The van der Waals surface area contributed by atoms with Gasteiger partial charge < -0.3 is 5.32 Å². The molecule has 1 N–H and O–H groups in total. The van der Waals surface area contributed by atoms with Gasteiger partial charge in [-0.1, -0.05) is 54.8 Å². The molecule has 0 spiro atoms. The smallest absolute Gasteiger partial charge is 0.0544 e. The zero-order valence-electron chi connectivity index (χ0n) is 13.3. The van der Waals surface area contributed by atoms with Crippen molar-refractivity contribution in [2.45, 2.75) is 31.7 Å². The summed E-state index contributed by atoms with van der Waals surface area (Å²) in [5.74, 6) is 0.604. The lowest BCUT2D eigenvalue weighted by molar-refractivity contribution is 0.324. The Morgan fingerprint density at radius 1 is 1.00 bits per heavy atom. The van der Waals surface area contributed by atoms with Crippen LogP contribution in [0, 0.1) is 5.92 Å². The van der Waals surface area contributed by atoms with E-state index in [1.54, 1.807) is 0 Å². The fourth-order valence-corrected chi connectivity index (χ4v) is 3.28. The van der Waals surface area contributed by atoms with Crippen LogP contribution < -0.4 is 5.32 Å². The molecule has 0 amide bonds. The van der Waals surface area contributed by atoms with Crippen molar-refractivity contribution in [2.75, 3.05) is 11.9 Å². The second-order valence-electron chi connectivity index (χ2n) is 6.19. The molecule has 23 heavy (non-hydrogen) atoms. The van der Waals surface area contributed by atoms with E-state index in [2.05, 4.69) is 29.6 Å². The highest BCUT2D eigenvalue weighted by Crippen LogP contribution is 2.27. The molecule has 0 aliphatic heterocycles. The van der Waals surface area contributed by atoms with E-state index in [1.165, 1.54) is 31.4 Å². The Balaban J connectivity index is 1.60. The number of benzene rings is 2. The van der Waals surface area contributed by atoms with Crippen molar-refractivity contribution in [3.63, 3.8) is 0 Å². The summed E-state index contributed by atoms with van der Waals surface area (Å²) in [6.07, 6.45) is 7.04. The van der Waals surface area contributed by atoms with Crippen molar-refractivity contribution >= 4 is 23.5 Å². The number of rotatable bonds is 5. The van der Waals surface area contributed by atoms with Crippen molar-refractivity contribution in [1.29, 1.82) is 0 Å². The van der Waals surface area contributed by atoms with Gasteiger partial charge in [0.05, 0.1) is 6.04 Å². The van der Waals surface area contributed by atoms with Gasteiger partial charge in [0, 0.05) is 23.5 Å². The average Bonchev–Trinajstić information content (AvgIpc) is 2.61. The van der Waals surface area contributed by atoms with Crippen molar-refractivity contribution < 1.29 is 0 Å². The molecule has 120 valence electrons. The molecule has 0 aromatic heterocycles. The first-order valence-corrected chi connectivity index (χ1v) is 8.77. The van der Waals surface area contributed by atoms with Gasteiger partial charge in [-0.3, -0.25) is 4.99 Å². The molecule has 2 nitrogen and oxygen atoms in total. The Kier molecular flexibility index (Phi) is 5.71. The maximum atomic E-state index is 5.93. The molecule has 2 aromatic rings. The van der Waals surface area contributed by atoms with Crippen LogP contribution >= 0.6 is 11.6 Å². The van der Waals surface area contributed by atoms with Crippen LogP contribution in [-0.4, -0.2) is 18.8 Å². The third kappa shape index (κ3) is 4.84. The summed E-state index contributed by atoms with van der Waals surface area (Å²) in [6.45, 7) is 0.993. The van der Waals surface area contributed by atoms with E-state index in [1.807, 2.05) is 36.5 Å². The second-order valence-corrected chi connectivity index (χ2v) is 6.62. The van der Waals surface area contributed by atoms with Crippen molar-refractivity contribution in [2.24, 2.45) is 10.9 Å². The summed E-state index contributed by atoms with van der Waals surface area (Å²) >= 11 is 5.93. The van der Waals surface area contributed by atoms with Crippen LogP contribution in [0.25, 0.3) is 0 Å². The zero-order valence-corrected chi connectivity index (χ0v) is 14.0. The number of nitrogens with zero attached hydrogens (tertiary/aromatic N) is 1. The Labute approximate surface area is 143 Å². The number of aliphatic imine (C=N–C) groups is 1. The van der Waals surface area contributed by atoms with E-state index in [0.29, 0.717) is 12.0 Å². The van der Waals surface area contributed by atoms with Gasteiger partial charge in [-0.05, 0) is 48.6 Å². The van der Waals surface area contributed by atoms with Crippen LogP contribution in [0.4, 0.5) is 5.69 Å². The molecule has 0 radical (unpaired) electrons. The van der Waals surface area contributed by atoms with Gasteiger partial charge >= 0.3 is 0 Å². The van der Waals surface area contributed by atoms with Gasteiger partial charge in [-0.2, -0.15) is 0 Å². The van der Waals surface area contributed by atoms with Gasteiger partial charge in [0.1, 0.15) is 0 Å². The topological polar surface area (TPSA) is 24.4 Å². The standard InChI is InChI=1S/C20H23ClN2/c21-18-12-10-16(11-13-18)14-23-20-9-5-4-6-17(20)15-22-19-7-2-1-3-8-19/h1-3,7-8,10-14,17,20,22H,4-6,9,15H2/t17-,20-/m1/s1. The molecule has 2 atom stereocenters. The highest BCUT2D eigenvalue weighted by Gasteiger charge is 2.23. The van der Waals surface area contributed by atoms with Gasteiger partial charge in [0.2, 0.25) is 0 Å². The largest absolute Gasteiger partial charge is 0.385 e. The number of para-hydroxylation sites is 1. The molecule has 0 heterocycles. The van der Waals surface area contributed by atoms with Crippen molar-refractivity contribution in [3.8, 4) is 0 Å². The molecular formula is C20H23ClN2. The minimum atomic E-state index is 0.413. The number of hydrogen-bond donors (Lipinski definition) is 1. The number of nitrogens with one attached hydrogen (secondary N) is 1. The van der Waals surface area contributed by atoms with E-state index in [0.717, 1.165) is 17.1 Å². The number of halogens is 1. The number of anilines is 1. The van der Waals surface area contributed by atoms with Crippen molar-refractivity contribution in [1.82, 2.24) is 0 Å². The molecule has 3 rings (SSSR count). The van der Waals surface area contributed by atoms with Crippen LogP contribution in [0.15, 0.2) is 59.6 Å². The predicted octanol–water partition coefficient (Wildman–Crippen LogP) is 5.43. The first-order valence-electron chi connectivity index (χ1n) is 8.39. The summed E-state index contributed by atoms with van der Waals surface area (Å²) < 4.78 is 0. The third-order valence-electron chi connectivity index (χ3n) is 4.50. The maximum Gasteiger partial charge on any atom is 0.0544 e. The third-order valence-corrected chi connectivity index (χ3v) is 4.75. The molecule has 0 saturated heterocycles. The molecule has 1 aliphatic carbocycles. The molecule has 1 saturated carbocycles. The van der Waals surface area contributed by atoms with Gasteiger partial charge in [0.25, 0.3) is 0 Å². The lowest BCUT2D eigenvalue weighted by atomic mass is 9.84. The summed E-state index contributed by atoms with van der Waals surface area (Å²) in [4.78, 5) is 4.87. The Bertz CT molecular complexity index is 622. The van der Waals surface area contributed by atoms with E-state index in [9.17, 15) is 0 Å². The van der Waals surface area contributed by atoms with Crippen LogP contribution in [-0.2, 0) is 0 Å². The highest BCUT2D eigenvalue weighted by molar-refractivity contribution is 6.30. The molecule has 0 unspecified atom stereocenters. The lowest BCUT2D eigenvalue weighted by Crippen LogP contribution is -2.29. The highest BCUT2D eigenvalue weighted by atomic mass is 35.5. The monoisotopic (exact) mass is 326 g/mol. The van der Waals surface area contributed by atoms with Gasteiger partial charge in [-0.25, -0.2) is 0 Å².